The summed E-state index contributed by atoms with van der Waals surface area (Å²) in [4.78, 5) is 11.6. The van der Waals surface area contributed by atoms with E-state index in [0.717, 1.165) is 24.6 Å². The van der Waals surface area contributed by atoms with Crippen LogP contribution in [0.5, 0.6) is 0 Å². The molecule has 2 rings (SSSR count). The first-order valence-electron chi connectivity index (χ1n) is 6.50. The van der Waals surface area contributed by atoms with Gasteiger partial charge in [-0.1, -0.05) is 30.5 Å². The topological polar surface area (TPSA) is 41.1 Å². The lowest BCUT2D eigenvalue weighted by atomic mass is 10.2. The molecule has 98 valence electrons. The molecule has 18 heavy (non-hydrogen) atoms. The Kier molecular flexibility index (Phi) is 5.02. The van der Waals surface area contributed by atoms with Crippen molar-refractivity contribution < 1.29 is 4.79 Å². The zero-order valence-electron chi connectivity index (χ0n) is 10.4. The van der Waals surface area contributed by atoms with Crippen molar-refractivity contribution in [2.24, 2.45) is 5.92 Å². The van der Waals surface area contributed by atoms with Gasteiger partial charge in [0.2, 0.25) is 5.91 Å². The summed E-state index contributed by atoms with van der Waals surface area (Å²) >= 11 is 5.84. The summed E-state index contributed by atoms with van der Waals surface area (Å²) in [5, 5.41) is 6.60. The van der Waals surface area contributed by atoms with Gasteiger partial charge < -0.3 is 10.6 Å². The van der Waals surface area contributed by atoms with E-state index in [9.17, 15) is 4.79 Å². The molecule has 0 saturated heterocycles. The summed E-state index contributed by atoms with van der Waals surface area (Å²) in [7, 11) is 0. The van der Waals surface area contributed by atoms with E-state index >= 15 is 0 Å². The van der Waals surface area contributed by atoms with E-state index in [4.69, 9.17) is 11.6 Å². The molecule has 1 aliphatic carbocycles. The number of carbonyl (C=O) groups excluding carboxylic acids is 1. The molecule has 0 spiro atoms. The number of benzene rings is 1. The maximum atomic E-state index is 11.6. The Morgan fingerprint density at radius 3 is 2.94 bits per heavy atom. The lowest BCUT2D eigenvalue weighted by Crippen LogP contribution is -2.28. The van der Waals surface area contributed by atoms with Crippen molar-refractivity contribution in [2.75, 3.05) is 18.4 Å². The van der Waals surface area contributed by atoms with Gasteiger partial charge in [-0.05, 0) is 43.5 Å². The van der Waals surface area contributed by atoms with Crippen molar-refractivity contribution in [1.82, 2.24) is 5.32 Å². The molecule has 1 fully saturated rings. The summed E-state index contributed by atoms with van der Waals surface area (Å²) in [6.45, 7) is 1.27. The Hall–Kier alpha value is -1.06. The largest absolute Gasteiger partial charge is 0.325 e. The molecule has 0 aromatic heterocycles. The molecule has 0 atom stereocenters. The molecule has 1 amide bonds. The van der Waals surface area contributed by atoms with Gasteiger partial charge in [-0.3, -0.25) is 4.79 Å². The van der Waals surface area contributed by atoms with Crippen LogP contribution in [0.25, 0.3) is 0 Å². The van der Waals surface area contributed by atoms with E-state index in [1.807, 2.05) is 12.1 Å². The average molecular weight is 267 g/mol. The van der Waals surface area contributed by atoms with E-state index in [-0.39, 0.29) is 5.91 Å². The molecule has 1 aromatic rings. The zero-order chi connectivity index (χ0) is 12.8. The lowest BCUT2D eigenvalue weighted by Gasteiger charge is -2.06. The predicted octanol–water partition coefficient (Wildman–Crippen LogP) is 3.06. The predicted molar refractivity (Wildman–Crippen MR) is 74.9 cm³/mol. The summed E-state index contributed by atoms with van der Waals surface area (Å²) < 4.78 is 0. The van der Waals surface area contributed by atoms with Crippen molar-refractivity contribution in [3.8, 4) is 0 Å². The van der Waals surface area contributed by atoms with Crippen LogP contribution in [-0.4, -0.2) is 19.0 Å². The van der Waals surface area contributed by atoms with E-state index < -0.39 is 0 Å². The fraction of sp³-hybridized carbons (Fsp3) is 0.500. The van der Waals surface area contributed by atoms with Crippen LogP contribution < -0.4 is 10.6 Å². The molecule has 2 N–H and O–H groups in total. The van der Waals surface area contributed by atoms with Crippen LogP contribution in [0.2, 0.25) is 5.02 Å². The molecular weight excluding hydrogens is 248 g/mol. The molecular formula is C14H19ClN2O. The number of hydrogen-bond acceptors (Lipinski definition) is 2. The second-order valence-electron chi connectivity index (χ2n) is 4.82. The van der Waals surface area contributed by atoms with Crippen LogP contribution in [0, 0.1) is 5.92 Å². The summed E-state index contributed by atoms with van der Waals surface area (Å²) in [6, 6.07) is 7.18. The highest BCUT2D eigenvalue weighted by molar-refractivity contribution is 6.30. The zero-order valence-corrected chi connectivity index (χ0v) is 11.2. The van der Waals surface area contributed by atoms with Gasteiger partial charge >= 0.3 is 0 Å². The van der Waals surface area contributed by atoms with Crippen molar-refractivity contribution in [3.63, 3.8) is 0 Å². The molecule has 0 radical (unpaired) electrons. The van der Waals surface area contributed by atoms with E-state index in [1.54, 1.807) is 12.1 Å². The molecule has 0 heterocycles. The average Bonchev–Trinajstić information content (AvgIpc) is 3.12. The van der Waals surface area contributed by atoms with Gasteiger partial charge in [0.25, 0.3) is 0 Å². The Bertz CT molecular complexity index is 405. The number of nitrogens with one attached hydrogen (secondary N) is 2. The minimum atomic E-state index is -0.0244. The van der Waals surface area contributed by atoms with Crippen molar-refractivity contribution >= 4 is 23.2 Å². The molecule has 4 heteroatoms. The SMILES string of the molecule is O=C(CNCCCC1CC1)Nc1cccc(Cl)c1. The number of amides is 1. The van der Waals surface area contributed by atoms with Crippen LogP contribution >= 0.6 is 11.6 Å². The number of anilines is 1. The lowest BCUT2D eigenvalue weighted by molar-refractivity contribution is -0.115. The highest BCUT2D eigenvalue weighted by Gasteiger charge is 2.19. The highest BCUT2D eigenvalue weighted by Crippen LogP contribution is 2.33. The molecule has 1 aromatic carbocycles. The maximum Gasteiger partial charge on any atom is 0.238 e. The fourth-order valence-corrected chi connectivity index (χ4v) is 2.09. The standard InChI is InChI=1S/C14H19ClN2O/c15-12-4-1-5-13(9-12)17-14(18)10-16-8-2-3-11-6-7-11/h1,4-5,9,11,16H,2-3,6-8,10H2,(H,17,18). The third-order valence-corrected chi connectivity index (χ3v) is 3.29. The molecule has 0 unspecified atom stereocenters. The van der Waals surface area contributed by atoms with Crippen LogP contribution in [0.4, 0.5) is 5.69 Å². The van der Waals surface area contributed by atoms with Gasteiger partial charge in [0.1, 0.15) is 0 Å². The number of carbonyl (C=O) groups is 1. The smallest absolute Gasteiger partial charge is 0.238 e. The second-order valence-corrected chi connectivity index (χ2v) is 5.26. The van der Waals surface area contributed by atoms with Crippen LogP contribution in [-0.2, 0) is 4.79 Å². The fourth-order valence-electron chi connectivity index (χ4n) is 1.90. The Morgan fingerprint density at radius 1 is 1.39 bits per heavy atom. The molecule has 0 aliphatic heterocycles. The molecule has 0 bridgehead atoms. The van der Waals surface area contributed by atoms with Gasteiger partial charge in [-0.2, -0.15) is 0 Å². The highest BCUT2D eigenvalue weighted by atomic mass is 35.5. The summed E-state index contributed by atoms with van der Waals surface area (Å²) in [5.41, 5.74) is 0.743. The minimum Gasteiger partial charge on any atom is -0.325 e. The minimum absolute atomic E-state index is 0.0244. The quantitative estimate of drug-likeness (QED) is 0.745. The Morgan fingerprint density at radius 2 is 2.22 bits per heavy atom. The van der Waals surface area contributed by atoms with Crippen molar-refractivity contribution in [2.45, 2.75) is 25.7 Å². The van der Waals surface area contributed by atoms with Crippen LogP contribution in [0.1, 0.15) is 25.7 Å². The molecule has 1 saturated carbocycles. The number of rotatable bonds is 7. The normalized spacial score (nSPS) is 14.5. The van der Waals surface area contributed by atoms with E-state index in [1.165, 1.54) is 19.3 Å². The second kappa shape index (κ2) is 6.76. The third kappa shape index (κ3) is 5.07. The van der Waals surface area contributed by atoms with Gasteiger partial charge in [0, 0.05) is 10.7 Å². The first kappa shape index (κ1) is 13.4. The first-order valence-corrected chi connectivity index (χ1v) is 6.88. The summed E-state index contributed by atoms with van der Waals surface area (Å²) in [5.74, 6) is 0.941. The third-order valence-electron chi connectivity index (χ3n) is 3.06. The van der Waals surface area contributed by atoms with Crippen molar-refractivity contribution in [1.29, 1.82) is 0 Å². The number of halogens is 1. The molecule has 1 aliphatic rings. The Balaban J connectivity index is 1.59. The first-order chi connectivity index (χ1) is 8.74. The van der Waals surface area contributed by atoms with Gasteiger partial charge in [0.15, 0.2) is 0 Å². The van der Waals surface area contributed by atoms with Crippen LogP contribution in [0.3, 0.4) is 0 Å². The Labute approximate surface area is 113 Å². The monoisotopic (exact) mass is 266 g/mol. The molecule has 3 nitrogen and oxygen atoms in total. The van der Waals surface area contributed by atoms with Crippen molar-refractivity contribution in [3.05, 3.63) is 29.3 Å². The van der Waals surface area contributed by atoms with Gasteiger partial charge in [-0.15, -0.1) is 0 Å². The van der Waals surface area contributed by atoms with Crippen LogP contribution in [0.15, 0.2) is 24.3 Å². The maximum absolute atomic E-state index is 11.6. The van der Waals surface area contributed by atoms with Gasteiger partial charge in [-0.25, -0.2) is 0 Å². The number of hydrogen-bond donors (Lipinski definition) is 2. The van der Waals surface area contributed by atoms with E-state index in [0.29, 0.717) is 11.6 Å². The van der Waals surface area contributed by atoms with E-state index in [2.05, 4.69) is 10.6 Å². The summed E-state index contributed by atoms with van der Waals surface area (Å²) in [6.07, 6.45) is 5.25. The van der Waals surface area contributed by atoms with Gasteiger partial charge in [0.05, 0.1) is 6.54 Å².